The van der Waals surface area contributed by atoms with E-state index in [1.165, 1.54) is 117 Å². The van der Waals surface area contributed by atoms with E-state index < -0.39 is 32.3 Å². The molecule has 4 aromatic carbocycles. The van der Waals surface area contributed by atoms with Crippen molar-refractivity contribution in [3.8, 4) is 45.9 Å². The predicted molar refractivity (Wildman–Crippen MR) is 296 cm³/mol. The Bertz CT molecular complexity index is 2100. The zero-order valence-corrected chi connectivity index (χ0v) is 45.7. The van der Waals surface area contributed by atoms with Crippen LogP contribution in [0.15, 0.2) is 97.1 Å². The minimum Gasteiger partial charge on any atom is -0.126 e. The molecular weight excluding hydrogens is 833 g/mol. The largest absolute Gasteiger partial charge is 0.138 e. The molecule has 1 aliphatic rings. The molecule has 4 heteroatoms. The van der Waals surface area contributed by atoms with Crippen molar-refractivity contribution in [2.24, 2.45) is 0 Å². The lowest BCUT2D eigenvalue weighted by molar-refractivity contribution is 1.20. The summed E-state index contributed by atoms with van der Waals surface area (Å²) < 4.78 is 0. The third kappa shape index (κ3) is 11.3. The SMILES string of the molecule is CC[Si](C#Cc1ccc(C2=C(c3ccc(C#C[Si](CC)(CC)CC)cc3)C(c3ccc(C#C[Si](CC)(CC)CC)cc3)=C2c2ccc(C#C[Si](CC)(CC)CC)cc2)cc1)(CC)CC. The minimum atomic E-state index is -1.57. The van der Waals surface area contributed by atoms with Gasteiger partial charge in [0.25, 0.3) is 0 Å². The monoisotopic (exact) mass is 909 g/mol. The van der Waals surface area contributed by atoms with E-state index in [-0.39, 0.29) is 0 Å². The first-order chi connectivity index (χ1) is 31.0. The van der Waals surface area contributed by atoms with Gasteiger partial charge in [-0.25, -0.2) is 0 Å². The van der Waals surface area contributed by atoms with Crippen molar-refractivity contribution in [2.75, 3.05) is 0 Å². The highest BCUT2D eigenvalue weighted by Crippen LogP contribution is 2.56. The predicted octanol–water partition coefficient (Wildman–Crippen LogP) is 16.8. The second-order valence-electron chi connectivity index (χ2n) is 18.2. The van der Waals surface area contributed by atoms with E-state index in [4.69, 9.17) is 0 Å². The quantitative estimate of drug-likeness (QED) is 0.0776. The van der Waals surface area contributed by atoms with Crippen LogP contribution in [0, 0.1) is 45.9 Å². The Hall–Kier alpha value is -4.53. The number of hydrogen-bond acceptors (Lipinski definition) is 0. The Morgan fingerprint density at radius 1 is 0.234 bits per heavy atom. The molecule has 0 fully saturated rings. The Labute approximate surface area is 395 Å². The molecule has 0 amide bonds. The molecule has 0 aliphatic heterocycles. The number of benzene rings is 4. The first-order valence-corrected chi connectivity index (χ1v) is 35.5. The normalized spacial score (nSPS) is 12.8. The summed E-state index contributed by atoms with van der Waals surface area (Å²) in [4.78, 5) is 0. The van der Waals surface area contributed by atoms with Crippen LogP contribution in [0.25, 0.3) is 22.3 Å². The molecule has 0 N–H and O–H groups in total. The molecule has 0 saturated carbocycles. The lowest BCUT2D eigenvalue weighted by Gasteiger charge is -2.33. The third-order valence-electron chi connectivity index (χ3n) is 15.7. The van der Waals surface area contributed by atoms with Gasteiger partial charge in [0.2, 0.25) is 0 Å². The molecule has 0 bridgehead atoms. The first kappa shape index (κ1) is 50.5. The fourth-order valence-corrected chi connectivity index (χ4v) is 19.1. The van der Waals surface area contributed by atoms with E-state index in [0.29, 0.717) is 0 Å². The van der Waals surface area contributed by atoms with Gasteiger partial charge in [0, 0.05) is 22.3 Å². The van der Waals surface area contributed by atoms with Crippen LogP contribution in [-0.4, -0.2) is 32.3 Å². The van der Waals surface area contributed by atoms with Gasteiger partial charge in [-0.15, -0.1) is 22.2 Å². The van der Waals surface area contributed by atoms with Gasteiger partial charge >= 0.3 is 0 Å². The summed E-state index contributed by atoms with van der Waals surface area (Å²) in [5.74, 6) is 14.5. The van der Waals surface area contributed by atoms with Crippen molar-refractivity contribution in [2.45, 2.75) is 156 Å². The van der Waals surface area contributed by atoms with Gasteiger partial charge < -0.3 is 0 Å². The summed E-state index contributed by atoms with van der Waals surface area (Å²) in [5, 5.41) is 0. The minimum absolute atomic E-state index is 1.10. The topological polar surface area (TPSA) is 0 Å². The van der Waals surface area contributed by atoms with Gasteiger partial charge in [-0.2, -0.15) is 0 Å². The van der Waals surface area contributed by atoms with Gasteiger partial charge in [0.15, 0.2) is 0 Å². The Kier molecular flexibility index (Phi) is 18.2. The lowest BCUT2D eigenvalue weighted by atomic mass is 9.69. The van der Waals surface area contributed by atoms with Crippen LogP contribution in [0.3, 0.4) is 0 Å². The molecule has 0 spiro atoms. The molecule has 0 unspecified atom stereocenters. The molecule has 0 aromatic heterocycles. The van der Waals surface area contributed by atoms with Crippen molar-refractivity contribution in [1.29, 1.82) is 0 Å². The van der Waals surface area contributed by atoms with Crippen molar-refractivity contribution >= 4 is 54.6 Å². The molecule has 0 saturated heterocycles. The summed E-state index contributed by atoms with van der Waals surface area (Å²) in [5.41, 5.74) is 29.7. The second kappa shape index (κ2) is 23.1. The molecule has 64 heavy (non-hydrogen) atoms. The molecule has 0 heterocycles. The van der Waals surface area contributed by atoms with E-state index in [1.54, 1.807) is 0 Å². The summed E-state index contributed by atoms with van der Waals surface area (Å²) in [6.45, 7) is 28.0. The van der Waals surface area contributed by atoms with Crippen molar-refractivity contribution in [3.63, 3.8) is 0 Å². The molecular formula is C60H76Si4. The number of rotatable bonds is 16. The molecule has 1 aliphatic carbocycles. The van der Waals surface area contributed by atoms with Crippen LogP contribution in [-0.2, 0) is 0 Å². The maximum absolute atomic E-state index is 3.82. The van der Waals surface area contributed by atoms with Gasteiger partial charge in [-0.05, 0) is 166 Å². The second-order valence-corrected chi connectivity index (χ2v) is 37.9. The Morgan fingerprint density at radius 3 is 0.500 bits per heavy atom. The van der Waals surface area contributed by atoms with E-state index in [9.17, 15) is 0 Å². The smallest absolute Gasteiger partial charge is 0.126 e. The van der Waals surface area contributed by atoms with Gasteiger partial charge in [0.05, 0.1) is 0 Å². The average molecular weight is 910 g/mol. The highest BCUT2D eigenvalue weighted by Gasteiger charge is 2.34. The zero-order chi connectivity index (χ0) is 46.4. The van der Waals surface area contributed by atoms with Crippen LogP contribution >= 0.6 is 0 Å². The summed E-state index contributed by atoms with van der Waals surface area (Å²) in [6.07, 6.45) is 0. The molecule has 0 nitrogen and oxygen atoms in total. The van der Waals surface area contributed by atoms with Crippen LogP contribution in [0.1, 0.15) is 128 Å². The van der Waals surface area contributed by atoms with Gasteiger partial charge in [0.1, 0.15) is 32.3 Å². The maximum atomic E-state index is 3.82. The summed E-state index contributed by atoms with van der Waals surface area (Å²) in [6, 6.07) is 50.9. The molecule has 5 rings (SSSR count). The summed E-state index contributed by atoms with van der Waals surface area (Å²) >= 11 is 0. The molecule has 332 valence electrons. The summed E-state index contributed by atoms with van der Waals surface area (Å²) in [7, 11) is -6.28. The van der Waals surface area contributed by atoms with Gasteiger partial charge in [-0.1, -0.05) is 155 Å². The number of allylic oxidation sites excluding steroid dienone is 4. The van der Waals surface area contributed by atoms with E-state index in [2.05, 4.69) is 226 Å². The van der Waals surface area contributed by atoms with Crippen LogP contribution in [0.5, 0.6) is 0 Å². The van der Waals surface area contributed by atoms with E-state index in [1.807, 2.05) is 0 Å². The molecule has 4 aromatic rings. The Balaban J connectivity index is 1.72. The molecule has 0 atom stereocenters. The highest BCUT2D eigenvalue weighted by atomic mass is 28.3. The first-order valence-electron chi connectivity index (χ1n) is 25.0. The van der Waals surface area contributed by atoms with E-state index in [0.717, 1.165) is 22.3 Å². The van der Waals surface area contributed by atoms with Gasteiger partial charge in [-0.3, -0.25) is 0 Å². The van der Waals surface area contributed by atoms with Crippen LogP contribution < -0.4 is 0 Å². The fraction of sp³-hybridized carbons (Fsp3) is 0.400. The Morgan fingerprint density at radius 2 is 0.375 bits per heavy atom. The number of hydrogen-bond donors (Lipinski definition) is 0. The van der Waals surface area contributed by atoms with Crippen LogP contribution in [0.4, 0.5) is 0 Å². The lowest BCUT2D eigenvalue weighted by Crippen LogP contribution is -2.29. The van der Waals surface area contributed by atoms with Crippen molar-refractivity contribution in [3.05, 3.63) is 142 Å². The third-order valence-corrected chi connectivity index (χ3v) is 34.6. The molecule has 0 radical (unpaired) electrons. The van der Waals surface area contributed by atoms with Crippen molar-refractivity contribution in [1.82, 2.24) is 0 Å². The average Bonchev–Trinajstić information content (AvgIpc) is 3.35. The van der Waals surface area contributed by atoms with Crippen molar-refractivity contribution < 1.29 is 0 Å². The maximum Gasteiger partial charge on any atom is 0.138 e. The highest BCUT2D eigenvalue weighted by molar-refractivity contribution is 6.88. The van der Waals surface area contributed by atoms with E-state index >= 15 is 0 Å². The standard InChI is InChI=1S/C60H76Si4/c1-13-61(14-2,15-3)45-41-49-25-33-53(34-26-49)57-58(54-35-27-50(28-36-54)42-46-62(16-4,17-5)18-6)60(56-39-31-52(32-40-56)44-48-64(22-10,23-11)24-12)59(57)55-37-29-51(30-38-55)43-47-63(19-7,20-8)21-9/h25-40H,13-24H2,1-12H3. The zero-order valence-electron chi connectivity index (χ0n) is 41.7. The van der Waals surface area contributed by atoms with Crippen LogP contribution in [0.2, 0.25) is 72.5 Å². The fourth-order valence-electron chi connectivity index (χ4n) is 9.35.